The fourth-order valence-corrected chi connectivity index (χ4v) is 7.81. The Labute approximate surface area is 158 Å². The third-order valence-corrected chi connectivity index (χ3v) is 9.02. The maximum Gasteiger partial charge on any atom is 0.180 e. The summed E-state index contributed by atoms with van der Waals surface area (Å²) < 4.78 is 6.30. The molecule has 0 aromatic heterocycles. The van der Waals surface area contributed by atoms with E-state index in [2.05, 4.69) is 69.3 Å². The van der Waals surface area contributed by atoms with Crippen molar-refractivity contribution in [3.8, 4) is 0 Å². The highest BCUT2D eigenvalue weighted by Crippen LogP contribution is 2.50. The minimum absolute atomic E-state index is 0.0411. The van der Waals surface area contributed by atoms with Gasteiger partial charge in [0.25, 0.3) is 0 Å². The van der Waals surface area contributed by atoms with Gasteiger partial charge in [0.2, 0.25) is 0 Å². The second-order valence-corrected chi connectivity index (χ2v) is 10.2. The summed E-state index contributed by atoms with van der Waals surface area (Å²) >= 11 is 1.91. The Balaban J connectivity index is 1.86. The Kier molecular flexibility index (Phi) is 4.99. The van der Waals surface area contributed by atoms with E-state index in [1.54, 1.807) is 0 Å². The SMILES string of the molecule is CC(C)=C([C@H]1C[C@@H](C)CCO1)[S+]1c2ccccc2Sc2ccccc21. The third-order valence-electron chi connectivity index (χ3n) is 4.91. The van der Waals surface area contributed by atoms with Crippen LogP contribution in [0.3, 0.4) is 0 Å². The molecular weight excluding hydrogens is 344 g/mol. The van der Waals surface area contributed by atoms with Gasteiger partial charge < -0.3 is 4.74 Å². The van der Waals surface area contributed by atoms with Gasteiger partial charge in [0, 0.05) is 6.61 Å². The summed E-state index contributed by atoms with van der Waals surface area (Å²) in [5, 5.41) is 0. The molecule has 0 radical (unpaired) electrons. The van der Waals surface area contributed by atoms with E-state index in [1.807, 2.05) is 11.8 Å². The van der Waals surface area contributed by atoms with Crippen LogP contribution in [0.15, 0.2) is 78.6 Å². The van der Waals surface area contributed by atoms with Gasteiger partial charge in [0.15, 0.2) is 14.7 Å². The van der Waals surface area contributed by atoms with Crippen molar-refractivity contribution >= 4 is 22.7 Å². The lowest BCUT2D eigenvalue weighted by Crippen LogP contribution is -2.31. The van der Waals surface area contributed by atoms with Crippen LogP contribution in [0.25, 0.3) is 0 Å². The van der Waals surface area contributed by atoms with Crippen molar-refractivity contribution in [1.29, 1.82) is 0 Å². The fraction of sp³-hybridized carbons (Fsp3) is 0.364. The highest BCUT2D eigenvalue weighted by Gasteiger charge is 2.44. The van der Waals surface area contributed by atoms with E-state index in [4.69, 9.17) is 4.74 Å². The zero-order chi connectivity index (χ0) is 17.4. The first kappa shape index (κ1) is 17.3. The Hall–Kier alpha value is -1.16. The summed E-state index contributed by atoms with van der Waals surface area (Å²) in [7, 11) is -0.0411. The van der Waals surface area contributed by atoms with Crippen LogP contribution in [-0.4, -0.2) is 12.7 Å². The Bertz CT molecular complexity index is 762. The second-order valence-electron chi connectivity index (χ2n) is 7.15. The van der Waals surface area contributed by atoms with Crippen LogP contribution in [-0.2, 0) is 15.6 Å². The predicted molar refractivity (Wildman–Crippen MR) is 107 cm³/mol. The molecule has 3 heteroatoms. The molecule has 0 bridgehead atoms. The first-order valence-corrected chi connectivity index (χ1v) is 11.1. The lowest BCUT2D eigenvalue weighted by Gasteiger charge is -2.30. The highest BCUT2D eigenvalue weighted by atomic mass is 32.2. The summed E-state index contributed by atoms with van der Waals surface area (Å²) in [6.45, 7) is 7.77. The molecule has 2 aromatic carbocycles. The van der Waals surface area contributed by atoms with E-state index >= 15 is 0 Å². The summed E-state index contributed by atoms with van der Waals surface area (Å²) in [4.78, 5) is 7.22. The molecule has 0 saturated carbocycles. The van der Waals surface area contributed by atoms with Gasteiger partial charge in [-0.15, -0.1) is 0 Å². The molecule has 0 spiro atoms. The van der Waals surface area contributed by atoms with E-state index in [1.165, 1.54) is 36.5 Å². The molecule has 1 fully saturated rings. The summed E-state index contributed by atoms with van der Waals surface area (Å²) in [6.07, 6.45) is 2.58. The van der Waals surface area contributed by atoms with Gasteiger partial charge in [-0.1, -0.05) is 43.0 Å². The average molecular weight is 370 g/mol. The molecule has 1 saturated heterocycles. The number of hydrogen-bond donors (Lipinski definition) is 0. The zero-order valence-corrected chi connectivity index (χ0v) is 16.8. The molecule has 0 amide bonds. The number of fused-ring (bicyclic) bond motifs is 2. The minimum Gasteiger partial charge on any atom is -0.369 e. The van der Waals surface area contributed by atoms with Crippen LogP contribution >= 0.6 is 11.8 Å². The molecule has 2 atom stereocenters. The second kappa shape index (κ2) is 7.22. The third kappa shape index (κ3) is 3.30. The van der Waals surface area contributed by atoms with Crippen molar-refractivity contribution < 1.29 is 4.74 Å². The molecule has 1 nitrogen and oxygen atoms in total. The quantitative estimate of drug-likeness (QED) is 0.575. The summed E-state index contributed by atoms with van der Waals surface area (Å²) in [6, 6.07) is 17.8. The zero-order valence-electron chi connectivity index (χ0n) is 15.1. The first-order valence-electron chi connectivity index (χ1n) is 9.04. The predicted octanol–water partition coefficient (Wildman–Crippen LogP) is 6.30. The lowest BCUT2D eigenvalue weighted by atomic mass is 9.96. The van der Waals surface area contributed by atoms with E-state index in [9.17, 15) is 0 Å². The van der Waals surface area contributed by atoms with Gasteiger partial charge in [0.05, 0.1) is 9.79 Å². The van der Waals surface area contributed by atoms with Gasteiger partial charge >= 0.3 is 0 Å². The molecular formula is C22H25OS2+. The molecule has 25 heavy (non-hydrogen) atoms. The number of rotatable bonds is 2. The van der Waals surface area contributed by atoms with Gasteiger partial charge in [0.1, 0.15) is 17.0 Å². The Morgan fingerprint density at radius 3 is 2.16 bits per heavy atom. The number of allylic oxidation sites excluding steroid dienone is 1. The minimum atomic E-state index is -0.0411. The number of benzene rings is 2. The van der Waals surface area contributed by atoms with E-state index in [0.29, 0.717) is 0 Å². The smallest absolute Gasteiger partial charge is 0.180 e. The van der Waals surface area contributed by atoms with Gasteiger partial charge in [-0.25, -0.2) is 0 Å². The molecule has 2 heterocycles. The lowest BCUT2D eigenvalue weighted by molar-refractivity contribution is 0.0211. The molecule has 2 aliphatic heterocycles. The van der Waals surface area contributed by atoms with Crippen molar-refractivity contribution in [2.45, 2.75) is 59.3 Å². The van der Waals surface area contributed by atoms with Crippen LogP contribution in [0.1, 0.15) is 33.6 Å². The maximum absolute atomic E-state index is 6.30. The van der Waals surface area contributed by atoms with Crippen molar-refractivity contribution in [1.82, 2.24) is 0 Å². The highest BCUT2D eigenvalue weighted by molar-refractivity contribution is 8.05. The van der Waals surface area contributed by atoms with Crippen LogP contribution in [0.5, 0.6) is 0 Å². The van der Waals surface area contributed by atoms with Gasteiger partial charge in [-0.05, 0) is 62.4 Å². The molecule has 130 valence electrons. The maximum atomic E-state index is 6.30. The molecule has 4 rings (SSSR count). The molecule has 0 unspecified atom stereocenters. The topological polar surface area (TPSA) is 9.23 Å². The van der Waals surface area contributed by atoms with Gasteiger partial charge in [-0.3, -0.25) is 0 Å². The van der Waals surface area contributed by atoms with Crippen LogP contribution in [0, 0.1) is 5.92 Å². The summed E-state index contributed by atoms with van der Waals surface area (Å²) in [5.41, 5.74) is 1.42. The van der Waals surface area contributed by atoms with E-state index < -0.39 is 0 Å². The number of hydrogen-bond acceptors (Lipinski definition) is 2. The van der Waals surface area contributed by atoms with E-state index in [-0.39, 0.29) is 17.0 Å². The van der Waals surface area contributed by atoms with Crippen molar-refractivity contribution in [3.63, 3.8) is 0 Å². The normalized spacial score (nSPS) is 22.8. The standard InChI is InChI=1S/C22H25OS2/c1-15(2)22(17-14-16(3)12-13-23-17)25-20-10-6-4-8-18(20)24-19-9-5-7-11-21(19)25/h4-11,16-17H,12-14H2,1-3H3/q+1/t16-,17+/m0/s1. The van der Waals surface area contributed by atoms with Crippen molar-refractivity contribution in [3.05, 3.63) is 59.0 Å². The molecule has 2 aliphatic rings. The van der Waals surface area contributed by atoms with Crippen molar-refractivity contribution in [2.75, 3.05) is 6.61 Å². The average Bonchev–Trinajstić information content (AvgIpc) is 2.61. The van der Waals surface area contributed by atoms with Crippen molar-refractivity contribution in [2.24, 2.45) is 5.92 Å². The fourth-order valence-electron chi connectivity index (χ4n) is 3.68. The van der Waals surface area contributed by atoms with E-state index in [0.717, 1.165) is 18.9 Å². The van der Waals surface area contributed by atoms with Crippen LogP contribution in [0.2, 0.25) is 0 Å². The van der Waals surface area contributed by atoms with Crippen LogP contribution in [0.4, 0.5) is 0 Å². The largest absolute Gasteiger partial charge is 0.369 e. The molecule has 0 N–H and O–H groups in total. The summed E-state index contributed by atoms with van der Waals surface area (Å²) in [5.74, 6) is 0.737. The Morgan fingerprint density at radius 1 is 1.00 bits per heavy atom. The van der Waals surface area contributed by atoms with Gasteiger partial charge in [-0.2, -0.15) is 0 Å². The monoisotopic (exact) mass is 369 g/mol. The molecule has 0 aliphatic carbocycles. The molecule has 2 aromatic rings. The first-order chi connectivity index (χ1) is 12.1. The number of ether oxygens (including phenoxy) is 1. The Morgan fingerprint density at radius 2 is 1.60 bits per heavy atom. The van der Waals surface area contributed by atoms with Crippen LogP contribution < -0.4 is 0 Å².